The van der Waals surface area contributed by atoms with Crippen molar-refractivity contribution in [2.75, 3.05) is 7.11 Å². The summed E-state index contributed by atoms with van der Waals surface area (Å²) >= 11 is 0. The number of hydrogen-bond donors (Lipinski definition) is 1. The van der Waals surface area contributed by atoms with Crippen molar-refractivity contribution < 1.29 is 4.74 Å². The molecule has 0 aromatic heterocycles. The second-order valence-corrected chi connectivity index (χ2v) is 9.08. The molecular formula is C20H29NO. The van der Waals surface area contributed by atoms with Crippen LogP contribution in [0.4, 0.5) is 0 Å². The van der Waals surface area contributed by atoms with Crippen LogP contribution in [0.25, 0.3) is 0 Å². The first kappa shape index (κ1) is 14.6. The summed E-state index contributed by atoms with van der Waals surface area (Å²) in [7, 11) is 1.77. The predicted octanol–water partition coefficient (Wildman–Crippen LogP) is 4.53. The number of benzene rings is 1. The Morgan fingerprint density at radius 3 is 2.36 bits per heavy atom. The maximum Gasteiger partial charge on any atom is 0.123 e. The van der Waals surface area contributed by atoms with E-state index < -0.39 is 0 Å². The highest BCUT2D eigenvalue weighted by molar-refractivity contribution is 5.33. The molecule has 4 fully saturated rings. The molecule has 4 aliphatic rings. The Morgan fingerprint density at radius 1 is 1.05 bits per heavy atom. The predicted molar refractivity (Wildman–Crippen MR) is 90.0 cm³/mol. The van der Waals surface area contributed by atoms with Gasteiger partial charge in [-0.05, 0) is 61.3 Å². The van der Waals surface area contributed by atoms with Gasteiger partial charge in [0.25, 0.3) is 0 Å². The SMILES string of the molecule is COc1ccccc1CNC12CC3CC(C)(CC(C)(C3)C1)C2. The van der Waals surface area contributed by atoms with Crippen LogP contribution in [-0.4, -0.2) is 12.6 Å². The Labute approximate surface area is 134 Å². The Bertz CT molecular complexity index is 563. The first-order valence-electron chi connectivity index (χ1n) is 8.80. The molecule has 0 radical (unpaired) electrons. The van der Waals surface area contributed by atoms with Crippen LogP contribution in [0.15, 0.2) is 24.3 Å². The molecule has 1 aromatic rings. The van der Waals surface area contributed by atoms with Gasteiger partial charge in [0.05, 0.1) is 7.11 Å². The van der Waals surface area contributed by atoms with E-state index in [4.69, 9.17) is 4.74 Å². The summed E-state index contributed by atoms with van der Waals surface area (Å²) in [4.78, 5) is 0. The summed E-state index contributed by atoms with van der Waals surface area (Å²) in [5.41, 5.74) is 2.80. The largest absolute Gasteiger partial charge is 0.496 e. The fourth-order valence-electron chi connectivity index (χ4n) is 6.78. The van der Waals surface area contributed by atoms with Crippen molar-refractivity contribution in [3.05, 3.63) is 29.8 Å². The molecule has 0 aliphatic heterocycles. The first-order valence-corrected chi connectivity index (χ1v) is 8.80. The van der Waals surface area contributed by atoms with Crippen LogP contribution in [0, 0.1) is 16.7 Å². The van der Waals surface area contributed by atoms with E-state index in [0.29, 0.717) is 16.4 Å². The maximum absolute atomic E-state index is 5.52. The van der Waals surface area contributed by atoms with E-state index in [1.807, 2.05) is 0 Å². The van der Waals surface area contributed by atoms with Crippen molar-refractivity contribution in [2.45, 2.75) is 64.5 Å². The Kier molecular flexibility index (Phi) is 3.14. The van der Waals surface area contributed by atoms with Crippen LogP contribution in [0.3, 0.4) is 0 Å². The molecule has 120 valence electrons. The average molecular weight is 299 g/mol. The number of methoxy groups -OCH3 is 1. The van der Waals surface area contributed by atoms with Gasteiger partial charge in [-0.25, -0.2) is 0 Å². The molecule has 2 heteroatoms. The van der Waals surface area contributed by atoms with Gasteiger partial charge in [0, 0.05) is 17.6 Å². The van der Waals surface area contributed by atoms with E-state index in [1.165, 1.54) is 44.1 Å². The molecule has 5 rings (SSSR count). The highest BCUT2D eigenvalue weighted by Crippen LogP contribution is 2.66. The molecule has 4 saturated carbocycles. The average Bonchev–Trinajstić information content (AvgIpc) is 2.41. The summed E-state index contributed by atoms with van der Waals surface area (Å²) in [6.45, 7) is 6.01. The summed E-state index contributed by atoms with van der Waals surface area (Å²) in [6, 6.07) is 8.42. The molecule has 0 spiro atoms. The van der Waals surface area contributed by atoms with E-state index in [2.05, 4.69) is 43.4 Å². The molecule has 0 amide bonds. The van der Waals surface area contributed by atoms with Crippen LogP contribution >= 0.6 is 0 Å². The minimum Gasteiger partial charge on any atom is -0.496 e. The standard InChI is InChI=1S/C20H29NO/c1-18-8-15-9-19(2,12-18)14-20(10-15,13-18)21-11-16-6-4-5-7-17(16)22-3/h4-7,15,21H,8-14H2,1-3H3. The van der Waals surface area contributed by atoms with Gasteiger partial charge < -0.3 is 10.1 Å². The second-order valence-electron chi connectivity index (χ2n) is 9.08. The number of hydrogen-bond acceptors (Lipinski definition) is 2. The third-order valence-electron chi connectivity index (χ3n) is 6.47. The van der Waals surface area contributed by atoms with Gasteiger partial charge in [-0.2, -0.15) is 0 Å². The fourth-order valence-corrected chi connectivity index (χ4v) is 6.78. The minimum absolute atomic E-state index is 0.365. The monoisotopic (exact) mass is 299 g/mol. The highest BCUT2D eigenvalue weighted by atomic mass is 16.5. The van der Waals surface area contributed by atoms with Crippen molar-refractivity contribution in [3.8, 4) is 5.75 Å². The quantitative estimate of drug-likeness (QED) is 0.881. The van der Waals surface area contributed by atoms with Crippen molar-refractivity contribution in [2.24, 2.45) is 16.7 Å². The lowest BCUT2D eigenvalue weighted by Gasteiger charge is -2.65. The van der Waals surface area contributed by atoms with Crippen LogP contribution < -0.4 is 10.1 Å². The van der Waals surface area contributed by atoms with Gasteiger partial charge in [0.2, 0.25) is 0 Å². The van der Waals surface area contributed by atoms with Crippen LogP contribution in [0.1, 0.15) is 57.9 Å². The van der Waals surface area contributed by atoms with Crippen LogP contribution in [0.5, 0.6) is 5.75 Å². The van der Waals surface area contributed by atoms with Gasteiger partial charge in [-0.15, -0.1) is 0 Å². The van der Waals surface area contributed by atoms with Crippen molar-refractivity contribution in [3.63, 3.8) is 0 Å². The second kappa shape index (κ2) is 4.74. The van der Waals surface area contributed by atoms with Crippen molar-refractivity contribution in [1.82, 2.24) is 5.32 Å². The van der Waals surface area contributed by atoms with Gasteiger partial charge in [0.15, 0.2) is 0 Å². The van der Waals surface area contributed by atoms with Gasteiger partial charge in [-0.3, -0.25) is 0 Å². The maximum atomic E-state index is 5.52. The number of rotatable bonds is 4. The van der Waals surface area contributed by atoms with Gasteiger partial charge in [-0.1, -0.05) is 32.0 Å². The zero-order chi connectivity index (χ0) is 15.4. The lowest BCUT2D eigenvalue weighted by Crippen LogP contribution is -2.63. The van der Waals surface area contributed by atoms with E-state index in [-0.39, 0.29) is 0 Å². The Hall–Kier alpha value is -1.02. The molecular weight excluding hydrogens is 270 g/mol. The lowest BCUT2D eigenvalue weighted by atomic mass is 9.43. The van der Waals surface area contributed by atoms with Crippen molar-refractivity contribution >= 4 is 0 Å². The third-order valence-corrected chi connectivity index (χ3v) is 6.47. The zero-order valence-corrected chi connectivity index (χ0v) is 14.2. The molecule has 0 saturated heterocycles. The zero-order valence-electron chi connectivity index (χ0n) is 14.2. The van der Waals surface area contributed by atoms with E-state index in [0.717, 1.165) is 18.2 Å². The van der Waals surface area contributed by atoms with Gasteiger partial charge in [0.1, 0.15) is 5.75 Å². The summed E-state index contributed by atoms with van der Waals surface area (Å²) in [5.74, 6) is 1.95. The number of para-hydroxylation sites is 1. The first-order chi connectivity index (χ1) is 10.4. The number of ether oxygens (including phenoxy) is 1. The topological polar surface area (TPSA) is 21.3 Å². The van der Waals surface area contributed by atoms with E-state index >= 15 is 0 Å². The minimum atomic E-state index is 0.365. The number of nitrogens with one attached hydrogen (secondary N) is 1. The molecule has 0 heterocycles. The molecule has 4 aliphatic carbocycles. The molecule has 2 unspecified atom stereocenters. The van der Waals surface area contributed by atoms with E-state index in [9.17, 15) is 0 Å². The Balaban J connectivity index is 1.55. The van der Waals surface area contributed by atoms with E-state index in [1.54, 1.807) is 7.11 Å². The molecule has 22 heavy (non-hydrogen) atoms. The van der Waals surface area contributed by atoms with Crippen molar-refractivity contribution in [1.29, 1.82) is 0 Å². The summed E-state index contributed by atoms with van der Waals surface area (Å²) in [6.07, 6.45) is 8.46. The molecule has 2 nitrogen and oxygen atoms in total. The third kappa shape index (κ3) is 2.36. The van der Waals surface area contributed by atoms with Crippen LogP contribution in [0.2, 0.25) is 0 Å². The highest BCUT2D eigenvalue weighted by Gasteiger charge is 2.59. The normalized spacial score (nSPS) is 42.6. The van der Waals surface area contributed by atoms with Gasteiger partial charge >= 0.3 is 0 Å². The lowest BCUT2D eigenvalue weighted by molar-refractivity contribution is -0.118. The summed E-state index contributed by atoms with van der Waals surface area (Å²) in [5, 5.41) is 3.99. The summed E-state index contributed by atoms with van der Waals surface area (Å²) < 4.78 is 5.52. The van der Waals surface area contributed by atoms with Crippen LogP contribution in [-0.2, 0) is 6.54 Å². The molecule has 4 bridgehead atoms. The smallest absolute Gasteiger partial charge is 0.123 e. The molecule has 1 N–H and O–H groups in total. The fraction of sp³-hybridized carbons (Fsp3) is 0.700. The molecule has 1 aromatic carbocycles. The Morgan fingerprint density at radius 2 is 1.73 bits per heavy atom. The molecule has 2 atom stereocenters.